The van der Waals surface area contributed by atoms with Crippen LogP contribution < -0.4 is 4.80 Å². The maximum Gasteiger partial charge on any atom is 0.269 e. The lowest BCUT2D eigenvalue weighted by molar-refractivity contribution is -0.384. The Morgan fingerprint density at radius 1 is 1.16 bits per heavy atom. The van der Waals surface area contributed by atoms with Crippen molar-refractivity contribution in [1.29, 1.82) is 0 Å². The number of aliphatic hydroxyl groups is 3. The van der Waals surface area contributed by atoms with Gasteiger partial charge in [0.15, 0.2) is 6.23 Å². The van der Waals surface area contributed by atoms with Crippen molar-refractivity contribution in [3.05, 3.63) is 68.5 Å². The van der Waals surface area contributed by atoms with E-state index < -0.39 is 36.1 Å². The Balaban J connectivity index is 1.80. The molecule has 0 aliphatic carbocycles. The zero-order valence-electron chi connectivity index (χ0n) is 15.8. The van der Waals surface area contributed by atoms with Crippen LogP contribution in [0.3, 0.4) is 0 Å². The molecule has 2 aromatic carbocycles. The Kier molecular flexibility index (Phi) is 6.14. The predicted molar refractivity (Wildman–Crippen MR) is 112 cm³/mol. The van der Waals surface area contributed by atoms with Crippen LogP contribution in [-0.4, -0.2) is 54.9 Å². The standard InChI is InChI=1S/C19H17ClN4O6S/c20-11-3-5-12(6-4-11)21-19-23(18-16(27)15(26)14(9-25)30-18)22-17(31-19)10-1-7-13(8-2-10)24(28)29/h1-8,14-16,18,25-27H,9H2/t14-,15-,16-,18-/m1/s1. The van der Waals surface area contributed by atoms with Gasteiger partial charge in [-0.05, 0) is 36.4 Å². The maximum atomic E-state index is 10.9. The Morgan fingerprint density at radius 3 is 2.42 bits per heavy atom. The zero-order valence-corrected chi connectivity index (χ0v) is 17.3. The highest BCUT2D eigenvalue weighted by atomic mass is 35.5. The van der Waals surface area contributed by atoms with Crippen molar-refractivity contribution in [3.63, 3.8) is 0 Å². The Bertz CT molecular complexity index is 1150. The molecule has 2 heterocycles. The summed E-state index contributed by atoms with van der Waals surface area (Å²) in [6.45, 7) is -0.474. The van der Waals surface area contributed by atoms with Gasteiger partial charge < -0.3 is 20.1 Å². The van der Waals surface area contributed by atoms with E-state index in [2.05, 4.69) is 10.1 Å². The van der Waals surface area contributed by atoms with Crippen molar-refractivity contribution in [2.24, 2.45) is 4.99 Å². The SMILES string of the molecule is O=[N+]([O-])c1ccc(-c2nn([C@@H]3O[C@H](CO)[C@@H](O)[C@H]3O)c(=Nc3ccc(Cl)cc3)s2)cc1. The minimum Gasteiger partial charge on any atom is -0.394 e. The third-order valence-corrected chi connectivity index (χ3v) is 5.94. The first-order valence-corrected chi connectivity index (χ1v) is 10.3. The van der Waals surface area contributed by atoms with Crippen LogP contribution in [0.5, 0.6) is 0 Å². The number of nitro groups is 1. The van der Waals surface area contributed by atoms with E-state index in [0.29, 0.717) is 26.1 Å². The molecule has 4 atom stereocenters. The van der Waals surface area contributed by atoms with Crippen LogP contribution in [0.2, 0.25) is 5.02 Å². The van der Waals surface area contributed by atoms with Gasteiger partial charge in [0, 0.05) is 22.7 Å². The van der Waals surface area contributed by atoms with Crippen LogP contribution in [0.4, 0.5) is 11.4 Å². The molecule has 1 aromatic heterocycles. The molecule has 31 heavy (non-hydrogen) atoms. The number of ether oxygens (including phenoxy) is 1. The number of aromatic nitrogens is 2. The molecule has 0 unspecified atom stereocenters. The molecule has 0 amide bonds. The normalized spacial score (nSPS) is 23.9. The molecule has 162 valence electrons. The van der Waals surface area contributed by atoms with Crippen molar-refractivity contribution in [3.8, 4) is 10.6 Å². The van der Waals surface area contributed by atoms with E-state index in [1.165, 1.54) is 28.2 Å². The summed E-state index contributed by atoms with van der Waals surface area (Å²) in [5, 5.41) is 46.4. The summed E-state index contributed by atoms with van der Waals surface area (Å²) in [7, 11) is 0. The topological polar surface area (TPSA) is 143 Å². The van der Waals surface area contributed by atoms with Crippen molar-refractivity contribution in [1.82, 2.24) is 9.78 Å². The lowest BCUT2D eigenvalue weighted by atomic mass is 10.1. The van der Waals surface area contributed by atoms with Crippen LogP contribution in [0.25, 0.3) is 10.6 Å². The second kappa shape index (κ2) is 8.83. The van der Waals surface area contributed by atoms with Crippen molar-refractivity contribution < 1.29 is 25.0 Å². The van der Waals surface area contributed by atoms with Crippen LogP contribution in [-0.2, 0) is 4.74 Å². The zero-order chi connectivity index (χ0) is 22.1. The highest BCUT2D eigenvalue weighted by Crippen LogP contribution is 2.30. The van der Waals surface area contributed by atoms with Crippen molar-refractivity contribution in [2.75, 3.05) is 6.61 Å². The number of hydrogen-bond donors (Lipinski definition) is 3. The van der Waals surface area contributed by atoms with Gasteiger partial charge in [0.1, 0.15) is 23.3 Å². The minimum atomic E-state index is -1.34. The van der Waals surface area contributed by atoms with Crippen molar-refractivity contribution in [2.45, 2.75) is 24.5 Å². The largest absolute Gasteiger partial charge is 0.394 e. The highest BCUT2D eigenvalue weighted by Gasteiger charge is 2.44. The summed E-state index contributed by atoms with van der Waals surface area (Å²) in [5.74, 6) is 0. The van der Waals surface area contributed by atoms with Gasteiger partial charge in [0.05, 0.1) is 17.2 Å². The van der Waals surface area contributed by atoms with Crippen LogP contribution >= 0.6 is 22.9 Å². The molecule has 1 fully saturated rings. The molecule has 0 saturated carbocycles. The van der Waals surface area contributed by atoms with Gasteiger partial charge in [-0.1, -0.05) is 22.9 Å². The number of nitrogens with zero attached hydrogens (tertiary/aromatic N) is 4. The van der Waals surface area contributed by atoms with Gasteiger partial charge >= 0.3 is 0 Å². The molecular weight excluding hydrogens is 448 g/mol. The quantitative estimate of drug-likeness (QED) is 0.387. The molecule has 0 spiro atoms. The summed E-state index contributed by atoms with van der Waals surface area (Å²) >= 11 is 7.10. The van der Waals surface area contributed by atoms with E-state index in [0.717, 1.165) is 0 Å². The fraction of sp³-hybridized carbons (Fsp3) is 0.263. The molecule has 12 heteroatoms. The number of nitro benzene ring substituents is 1. The summed E-state index contributed by atoms with van der Waals surface area (Å²) < 4.78 is 6.94. The average molecular weight is 465 g/mol. The molecule has 3 aromatic rings. The number of rotatable bonds is 5. The van der Waals surface area contributed by atoms with Crippen LogP contribution in [0.1, 0.15) is 6.23 Å². The van der Waals surface area contributed by atoms with Crippen molar-refractivity contribution >= 4 is 34.3 Å². The number of benzene rings is 2. The fourth-order valence-electron chi connectivity index (χ4n) is 3.08. The first-order valence-electron chi connectivity index (χ1n) is 9.14. The molecule has 3 N–H and O–H groups in total. The minimum absolute atomic E-state index is 0.0530. The van der Waals surface area contributed by atoms with Gasteiger partial charge in [-0.25, -0.2) is 9.67 Å². The Morgan fingerprint density at radius 2 is 1.84 bits per heavy atom. The van der Waals surface area contributed by atoms with Gasteiger partial charge in [-0.3, -0.25) is 10.1 Å². The van der Waals surface area contributed by atoms with Gasteiger partial charge in [0.2, 0.25) is 4.80 Å². The fourth-order valence-corrected chi connectivity index (χ4v) is 4.16. The predicted octanol–water partition coefficient (Wildman–Crippen LogP) is 2.02. The summed E-state index contributed by atoms with van der Waals surface area (Å²) in [5.41, 5.74) is 1.13. The van der Waals surface area contributed by atoms with E-state index in [9.17, 15) is 25.4 Å². The average Bonchev–Trinajstić information content (AvgIpc) is 3.30. The summed E-state index contributed by atoms with van der Waals surface area (Å²) in [4.78, 5) is 15.3. The third kappa shape index (κ3) is 4.37. The molecule has 4 rings (SSSR count). The van der Waals surface area contributed by atoms with E-state index in [4.69, 9.17) is 16.3 Å². The third-order valence-electron chi connectivity index (χ3n) is 4.72. The molecule has 0 radical (unpaired) electrons. The monoisotopic (exact) mass is 464 g/mol. The smallest absolute Gasteiger partial charge is 0.269 e. The molecule has 1 saturated heterocycles. The van der Waals surface area contributed by atoms with E-state index >= 15 is 0 Å². The Labute approximate surface area is 184 Å². The molecule has 1 aliphatic heterocycles. The van der Waals surface area contributed by atoms with E-state index in [1.54, 1.807) is 36.4 Å². The van der Waals surface area contributed by atoms with Gasteiger partial charge in [-0.15, -0.1) is 0 Å². The van der Waals surface area contributed by atoms with E-state index in [-0.39, 0.29) is 5.69 Å². The van der Waals surface area contributed by atoms with Gasteiger partial charge in [0.25, 0.3) is 5.69 Å². The van der Waals surface area contributed by atoms with Gasteiger partial charge in [-0.2, -0.15) is 5.10 Å². The molecule has 1 aliphatic rings. The van der Waals surface area contributed by atoms with Crippen LogP contribution in [0, 0.1) is 10.1 Å². The number of non-ortho nitro benzene ring substituents is 1. The number of halogens is 1. The first kappa shape index (κ1) is 21.6. The Hall–Kier alpha value is -2.67. The second-order valence-electron chi connectivity index (χ2n) is 6.76. The molecule has 10 nitrogen and oxygen atoms in total. The van der Waals surface area contributed by atoms with E-state index in [1.807, 2.05) is 0 Å². The van der Waals surface area contributed by atoms with Crippen LogP contribution in [0.15, 0.2) is 53.5 Å². The summed E-state index contributed by atoms with van der Waals surface area (Å²) in [6, 6.07) is 12.6. The molecule has 0 bridgehead atoms. The lowest BCUT2D eigenvalue weighted by Gasteiger charge is -2.14. The number of aliphatic hydroxyl groups excluding tert-OH is 3. The maximum absolute atomic E-state index is 10.9. The lowest BCUT2D eigenvalue weighted by Crippen LogP contribution is -2.35. The second-order valence-corrected chi connectivity index (χ2v) is 8.15. The summed E-state index contributed by atoms with van der Waals surface area (Å²) in [6.07, 6.45) is -4.69. The highest BCUT2D eigenvalue weighted by molar-refractivity contribution is 7.12. The first-order chi connectivity index (χ1) is 14.9. The number of hydrogen-bond acceptors (Lipinski definition) is 9. The molecular formula is C19H17ClN4O6S.